The fourth-order valence-electron chi connectivity index (χ4n) is 4.76. The Labute approximate surface area is 253 Å². The standard InChI is InChI=1S/C37H64O4/c1-3-5-7-9-11-13-14-15-16-17-18-19-20-22-24-26-28-34-37(40)41-35(32-29-30-33-36(38)39)31-27-25-23-21-12-10-8-6-4-2/h11,13,15-16,18-19,22,24,35H,3-10,12,14,17,20-21,23,25-34H2,1-2H3,(H,38,39)/b13-11-,16-15-,19-18-,24-22-. The lowest BCUT2D eigenvalue weighted by atomic mass is 10.0. The molecule has 0 aliphatic heterocycles. The van der Waals surface area contributed by atoms with Crippen molar-refractivity contribution in [2.75, 3.05) is 0 Å². The number of carboxylic acids is 1. The van der Waals surface area contributed by atoms with Gasteiger partial charge in [0.2, 0.25) is 0 Å². The lowest BCUT2D eigenvalue weighted by Gasteiger charge is -2.18. The first-order valence-electron chi connectivity index (χ1n) is 17.1. The number of carbonyl (C=O) groups is 2. The van der Waals surface area contributed by atoms with Gasteiger partial charge in [0.15, 0.2) is 0 Å². The molecule has 0 aromatic heterocycles. The Bertz CT molecular complexity index is 704. The minimum Gasteiger partial charge on any atom is -0.481 e. The quantitative estimate of drug-likeness (QED) is 0.0528. The summed E-state index contributed by atoms with van der Waals surface area (Å²) in [5, 5.41) is 8.89. The van der Waals surface area contributed by atoms with Crippen molar-refractivity contribution in [3.63, 3.8) is 0 Å². The summed E-state index contributed by atoms with van der Waals surface area (Å²) in [7, 11) is 0. The van der Waals surface area contributed by atoms with E-state index in [0.29, 0.717) is 12.8 Å². The van der Waals surface area contributed by atoms with Gasteiger partial charge in [-0.1, -0.05) is 127 Å². The Kier molecular flexibility index (Phi) is 30.8. The van der Waals surface area contributed by atoms with Crippen LogP contribution >= 0.6 is 0 Å². The number of esters is 1. The van der Waals surface area contributed by atoms with Crippen LogP contribution in [0.25, 0.3) is 0 Å². The van der Waals surface area contributed by atoms with Gasteiger partial charge in [-0.25, -0.2) is 0 Å². The number of unbranched alkanes of at least 4 members (excludes halogenated alkanes) is 13. The molecule has 41 heavy (non-hydrogen) atoms. The maximum absolute atomic E-state index is 12.5. The Morgan fingerprint density at radius 3 is 1.51 bits per heavy atom. The summed E-state index contributed by atoms with van der Waals surface area (Å²) in [5.74, 6) is -0.866. The van der Waals surface area contributed by atoms with Gasteiger partial charge in [-0.2, -0.15) is 0 Å². The third-order valence-corrected chi connectivity index (χ3v) is 7.30. The smallest absolute Gasteiger partial charge is 0.306 e. The summed E-state index contributed by atoms with van der Waals surface area (Å²) < 4.78 is 5.83. The highest BCUT2D eigenvalue weighted by Crippen LogP contribution is 2.17. The van der Waals surface area contributed by atoms with Crippen LogP contribution in [-0.4, -0.2) is 23.1 Å². The molecule has 0 bridgehead atoms. The largest absolute Gasteiger partial charge is 0.481 e. The lowest BCUT2D eigenvalue weighted by Crippen LogP contribution is -2.18. The van der Waals surface area contributed by atoms with Gasteiger partial charge in [0.05, 0.1) is 0 Å². The molecule has 0 radical (unpaired) electrons. The van der Waals surface area contributed by atoms with Crippen molar-refractivity contribution in [2.24, 2.45) is 0 Å². The number of hydrogen-bond acceptors (Lipinski definition) is 3. The number of hydrogen-bond donors (Lipinski definition) is 1. The molecule has 0 fully saturated rings. The maximum atomic E-state index is 12.5. The van der Waals surface area contributed by atoms with Gasteiger partial charge >= 0.3 is 11.9 Å². The molecule has 0 aromatic carbocycles. The first kappa shape index (κ1) is 38.9. The van der Waals surface area contributed by atoms with Crippen LogP contribution in [0.15, 0.2) is 48.6 Å². The van der Waals surface area contributed by atoms with E-state index in [9.17, 15) is 9.59 Å². The zero-order valence-corrected chi connectivity index (χ0v) is 26.8. The van der Waals surface area contributed by atoms with Crippen molar-refractivity contribution >= 4 is 11.9 Å². The van der Waals surface area contributed by atoms with Crippen molar-refractivity contribution in [3.05, 3.63) is 48.6 Å². The maximum Gasteiger partial charge on any atom is 0.306 e. The molecule has 0 aromatic rings. The van der Waals surface area contributed by atoms with Crippen LogP contribution in [0, 0.1) is 0 Å². The van der Waals surface area contributed by atoms with Crippen LogP contribution in [-0.2, 0) is 14.3 Å². The summed E-state index contributed by atoms with van der Waals surface area (Å²) in [6, 6.07) is 0. The highest BCUT2D eigenvalue weighted by atomic mass is 16.5. The molecule has 1 atom stereocenters. The summed E-state index contributed by atoms with van der Waals surface area (Å²) in [6.07, 6.45) is 42.6. The van der Waals surface area contributed by atoms with E-state index in [1.807, 2.05) is 0 Å². The second kappa shape index (κ2) is 32.4. The van der Waals surface area contributed by atoms with E-state index in [1.54, 1.807) is 0 Å². The molecular formula is C37H64O4. The van der Waals surface area contributed by atoms with Gasteiger partial charge in [0.1, 0.15) is 6.10 Å². The predicted octanol–water partition coefficient (Wildman–Crippen LogP) is 11.6. The zero-order valence-electron chi connectivity index (χ0n) is 26.8. The Hall–Kier alpha value is -2.10. The average molecular weight is 573 g/mol. The molecule has 0 rings (SSSR count). The van der Waals surface area contributed by atoms with Crippen molar-refractivity contribution in [2.45, 2.75) is 174 Å². The highest BCUT2D eigenvalue weighted by Gasteiger charge is 2.14. The molecule has 4 heteroatoms. The number of carboxylic acid groups (broad SMARTS) is 1. The van der Waals surface area contributed by atoms with Crippen molar-refractivity contribution < 1.29 is 19.4 Å². The molecule has 1 N–H and O–H groups in total. The van der Waals surface area contributed by atoms with E-state index in [4.69, 9.17) is 9.84 Å². The van der Waals surface area contributed by atoms with Crippen molar-refractivity contribution in [1.82, 2.24) is 0 Å². The molecule has 4 nitrogen and oxygen atoms in total. The van der Waals surface area contributed by atoms with E-state index >= 15 is 0 Å². The molecule has 0 spiro atoms. The summed E-state index contributed by atoms with van der Waals surface area (Å²) in [6.45, 7) is 4.49. The van der Waals surface area contributed by atoms with Crippen LogP contribution < -0.4 is 0 Å². The normalized spacial score (nSPS) is 12.8. The van der Waals surface area contributed by atoms with Gasteiger partial charge < -0.3 is 9.84 Å². The summed E-state index contributed by atoms with van der Waals surface area (Å²) in [5.41, 5.74) is 0. The van der Waals surface area contributed by atoms with Crippen LogP contribution in [0.3, 0.4) is 0 Å². The highest BCUT2D eigenvalue weighted by molar-refractivity contribution is 5.69. The molecule has 0 amide bonds. The molecule has 0 aliphatic carbocycles. The van der Waals surface area contributed by atoms with E-state index in [1.165, 1.54) is 77.0 Å². The van der Waals surface area contributed by atoms with Crippen molar-refractivity contribution in [3.8, 4) is 0 Å². The first-order valence-corrected chi connectivity index (χ1v) is 17.1. The van der Waals surface area contributed by atoms with Gasteiger partial charge in [-0.15, -0.1) is 0 Å². The molecule has 1 unspecified atom stereocenters. The fraction of sp³-hybridized carbons (Fsp3) is 0.730. The molecule has 236 valence electrons. The molecule has 0 aliphatic rings. The topological polar surface area (TPSA) is 63.6 Å². The summed E-state index contributed by atoms with van der Waals surface area (Å²) >= 11 is 0. The van der Waals surface area contributed by atoms with Crippen LogP contribution in [0.1, 0.15) is 168 Å². The molecule has 0 saturated carbocycles. The number of carbonyl (C=O) groups excluding carboxylic acids is 1. The van der Waals surface area contributed by atoms with Crippen LogP contribution in [0.4, 0.5) is 0 Å². The van der Waals surface area contributed by atoms with E-state index in [0.717, 1.165) is 57.8 Å². The Morgan fingerprint density at radius 1 is 0.537 bits per heavy atom. The molecule has 0 heterocycles. The molecular weight excluding hydrogens is 508 g/mol. The molecule has 0 saturated heterocycles. The minimum atomic E-state index is -0.755. The van der Waals surface area contributed by atoms with E-state index in [-0.39, 0.29) is 18.5 Å². The second-order valence-electron chi connectivity index (χ2n) is 11.3. The average Bonchev–Trinajstić information content (AvgIpc) is 2.95. The number of aliphatic carboxylic acids is 1. The van der Waals surface area contributed by atoms with Gasteiger partial charge in [-0.05, 0) is 77.0 Å². The third-order valence-electron chi connectivity index (χ3n) is 7.30. The van der Waals surface area contributed by atoms with Crippen molar-refractivity contribution in [1.29, 1.82) is 0 Å². The predicted molar refractivity (Wildman–Crippen MR) is 176 cm³/mol. The van der Waals surface area contributed by atoms with Gasteiger partial charge in [0, 0.05) is 12.8 Å². The summed E-state index contributed by atoms with van der Waals surface area (Å²) in [4.78, 5) is 23.3. The van der Waals surface area contributed by atoms with Gasteiger partial charge in [0.25, 0.3) is 0 Å². The third kappa shape index (κ3) is 32.3. The van der Waals surface area contributed by atoms with Gasteiger partial charge in [-0.3, -0.25) is 9.59 Å². The first-order chi connectivity index (χ1) is 20.1. The van der Waals surface area contributed by atoms with E-state index < -0.39 is 5.97 Å². The number of ether oxygens (including phenoxy) is 1. The SMILES string of the molecule is CCCCC/C=C\C/C=C\C/C=C\C/C=C\CCCC(=O)OC(CCCCCCCCCCC)CCCCC(=O)O. The van der Waals surface area contributed by atoms with Crippen LogP contribution in [0.5, 0.6) is 0 Å². The second-order valence-corrected chi connectivity index (χ2v) is 11.3. The minimum absolute atomic E-state index is 0.0719. The monoisotopic (exact) mass is 572 g/mol. The Balaban J connectivity index is 4.04. The van der Waals surface area contributed by atoms with Crippen LogP contribution in [0.2, 0.25) is 0 Å². The number of allylic oxidation sites excluding steroid dienone is 8. The Morgan fingerprint density at radius 2 is 0.976 bits per heavy atom. The fourth-order valence-corrected chi connectivity index (χ4v) is 4.76. The number of rotatable bonds is 30. The van der Waals surface area contributed by atoms with E-state index in [2.05, 4.69) is 62.5 Å². The lowest BCUT2D eigenvalue weighted by molar-refractivity contribution is -0.150. The zero-order chi connectivity index (χ0) is 30.1.